The topological polar surface area (TPSA) is 95.5 Å². The van der Waals surface area contributed by atoms with E-state index in [4.69, 9.17) is 5.11 Å². The van der Waals surface area contributed by atoms with Crippen LogP contribution in [0.2, 0.25) is 0 Å². The molecule has 0 saturated heterocycles. The molecule has 0 aliphatic carbocycles. The van der Waals surface area contributed by atoms with E-state index in [9.17, 15) is 18.8 Å². The molecular formula is C16H21FN2O4S. The molecule has 6 nitrogen and oxygen atoms in total. The summed E-state index contributed by atoms with van der Waals surface area (Å²) in [6, 6.07) is 5.37. The van der Waals surface area contributed by atoms with Gasteiger partial charge in [-0.1, -0.05) is 0 Å². The first-order chi connectivity index (χ1) is 11.1. The fourth-order valence-electron chi connectivity index (χ4n) is 1.53. The summed E-state index contributed by atoms with van der Waals surface area (Å²) in [7, 11) is 0. The highest BCUT2D eigenvalue weighted by Crippen LogP contribution is 2.16. The molecule has 1 aromatic rings. The number of carboxylic acids is 1. The SMILES string of the molecule is CC(SCC(=O)Nc1ccc(F)cc1)C(=O)NCC(C)(C)C(=O)O. The molecule has 1 unspecified atom stereocenters. The van der Waals surface area contributed by atoms with Crippen LogP contribution in [0.25, 0.3) is 0 Å². The molecule has 8 heteroatoms. The Morgan fingerprint density at radius 1 is 1.25 bits per heavy atom. The molecule has 0 aliphatic heterocycles. The lowest BCUT2D eigenvalue weighted by molar-refractivity contribution is -0.146. The van der Waals surface area contributed by atoms with E-state index >= 15 is 0 Å². The van der Waals surface area contributed by atoms with E-state index < -0.39 is 22.5 Å². The van der Waals surface area contributed by atoms with Crippen molar-refractivity contribution < 1.29 is 23.9 Å². The normalized spacial score (nSPS) is 12.3. The molecule has 132 valence electrons. The van der Waals surface area contributed by atoms with Crippen molar-refractivity contribution in [1.29, 1.82) is 0 Å². The zero-order valence-corrected chi connectivity index (χ0v) is 14.6. The van der Waals surface area contributed by atoms with E-state index in [2.05, 4.69) is 10.6 Å². The highest BCUT2D eigenvalue weighted by Gasteiger charge is 2.28. The second kappa shape index (κ2) is 8.68. The number of aliphatic carboxylic acids is 1. The number of carboxylic acid groups (broad SMARTS) is 1. The quantitative estimate of drug-likeness (QED) is 0.663. The van der Waals surface area contributed by atoms with Crippen molar-refractivity contribution >= 4 is 35.2 Å². The summed E-state index contributed by atoms with van der Waals surface area (Å²) in [4.78, 5) is 34.7. The Kier molecular flexibility index (Phi) is 7.21. The lowest BCUT2D eigenvalue weighted by atomic mass is 9.94. The van der Waals surface area contributed by atoms with Gasteiger partial charge in [0.25, 0.3) is 0 Å². The monoisotopic (exact) mass is 356 g/mol. The van der Waals surface area contributed by atoms with Crippen LogP contribution in [0.4, 0.5) is 10.1 Å². The number of benzene rings is 1. The van der Waals surface area contributed by atoms with Crippen LogP contribution in [0.15, 0.2) is 24.3 Å². The van der Waals surface area contributed by atoms with E-state index in [1.54, 1.807) is 6.92 Å². The smallest absolute Gasteiger partial charge is 0.310 e. The summed E-state index contributed by atoms with van der Waals surface area (Å²) in [6.45, 7) is 4.68. The largest absolute Gasteiger partial charge is 0.481 e. The van der Waals surface area contributed by atoms with Crippen molar-refractivity contribution in [2.45, 2.75) is 26.0 Å². The summed E-state index contributed by atoms with van der Waals surface area (Å²) in [5.74, 6) is -1.98. The second-order valence-electron chi connectivity index (χ2n) is 5.92. The average Bonchev–Trinajstić information content (AvgIpc) is 2.52. The fraction of sp³-hybridized carbons (Fsp3) is 0.438. The van der Waals surface area contributed by atoms with Gasteiger partial charge in [0.15, 0.2) is 0 Å². The molecule has 0 fully saturated rings. The Labute approximate surface area is 144 Å². The Morgan fingerprint density at radius 2 is 1.83 bits per heavy atom. The van der Waals surface area contributed by atoms with Crippen LogP contribution in [0.3, 0.4) is 0 Å². The summed E-state index contributed by atoms with van der Waals surface area (Å²) >= 11 is 1.13. The minimum Gasteiger partial charge on any atom is -0.481 e. The van der Waals surface area contributed by atoms with Gasteiger partial charge in [0.05, 0.1) is 16.4 Å². The third-order valence-corrected chi connectivity index (χ3v) is 4.39. The minimum atomic E-state index is -1.06. The number of nitrogens with one attached hydrogen (secondary N) is 2. The second-order valence-corrected chi connectivity index (χ2v) is 7.24. The number of carbonyl (C=O) groups is 3. The van der Waals surface area contributed by atoms with Crippen LogP contribution >= 0.6 is 11.8 Å². The van der Waals surface area contributed by atoms with Gasteiger partial charge in [-0.2, -0.15) is 0 Å². The van der Waals surface area contributed by atoms with Gasteiger partial charge in [-0.25, -0.2) is 4.39 Å². The Morgan fingerprint density at radius 3 is 2.38 bits per heavy atom. The summed E-state index contributed by atoms with van der Waals surface area (Å²) in [5, 5.41) is 13.7. The van der Waals surface area contributed by atoms with Crippen molar-refractivity contribution in [3.8, 4) is 0 Å². The predicted molar refractivity (Wildman–Crippen MR) is 91.4 cm³/mol. The lowest BCUT2D eigenvalue weighted by Crippen LogP contribution is -2.41. The lowest BCUT2D eigenvalue weighted by Gasteiger charge is -2.20. The number of halogens is 1. The highest BCUT2D eigenvalue weighted by atomic mass is 32.2. The zero-order valence-electron chi connectivity index (χ0n) is 13.8. The number of thioether (sulfide) groups is 1. The van der Waals surface area contributed by atoms with Crippen molar-refractivity contribution in [3.05, 3.63) is 30.1 Å². The molecular weight excluding hydrogens is 335 g/mol. The number of carbonyl (C=O) groups excluding carboxylic acids is 2. The molecule has 2 amide bonds. The molecule has 0 aromatic heterocycles. The van der Waals surface area contributed by atoms with E-state index in [1.165, 1.54) is 38.1 Å². The van der Waals surface area contributed by atoms with Crippen LogP contribution < -0.4 is 10.6 Å². The predicted octanol–water partition coefficient (Wildman–Crippen LogP) is 2.11. The molecule has 24 heavy (non-hydrogen) atoms. The Bertz CT molecular complexity index is 605. The first-order valence-corrected chi connectivity index (χ1v) is 8.35. The number of hydrogen-bond donors (Lipinski definition) is 3. The van der Waals surface area contributed by atoms with Gasteiger partial charge in [-0.15, -0.1) is 11.8 Å². The van der Waals surface area contributed by atoms with Gasteiger partial charge >= 0.3 is 5.97 Å². The van der Waals surface area contributed by atoms with Crippen molar-refractivity contribution in [2.75, 3.05) is 17.6 Å². The maximum atomic E-state index is 12.8. The number of anilines is 1. The number of hydrogen-bond acceptors (Lipinski definition) is 4. The van der Waals surface area contributed by atoms with Gasteiger partial charge in [0.2, 0.25) is 11.8 Å². The first kappa shape index (κ1) is 20.0. The summed E-state index contributed by atoms with van der Waals surface area (Å²) in [6.07, 6.45) is 0. The molecule has 0 saturated carbocycles. The highest BCUT2D eigenvalue weighted by molar-refractivity contribution is 8.01. The standard InChI is InChI=1S/C16H21FN2O4S/c1-10(14(21)18-9-16(2,3)15(22)23)24-8-13(20)19-12-6-4-11(17)5-7-12/h4-7,10H,8-9H2,1-3H3,(H,18,21)(H,19,20)(H,22,23). The number of rotatable bonds is 8. The molecule has 0 heterocycles. The van der Waals surface area contributed by atoms with E-state index in [1.807, 2.05) is 0 Å². The zero-order chi connectivity index (χ0) is 18.3. The maximum Gasteiger partial charge on any atom is 0.310 e. The number of amides is 2. The fourth-order valence-corrected chi connectivity index (χ4v) is 2.24. The van der Waals surface area contributed by atoms with Crippen LogP contribution in [0.5, 0.6) is 0 Å². The van der Waals surface area contributed by atoms with Gasteiger partial charge in [-0.05, 0) is 45.0 Å². The Hall–Kier alpha value is -2.09. The van der Waals surface area contributed by atoms with Crippen LogP contribution in [-0.4, -0.2) is 40.4 Å². The van der Waals surface area contributed by atoms with Crippen LogP contribution in [0.1, 0.15) is 20.8 Å². The molecule has 3 N–H and O–H groups in total. The molecule has 0 bridgehead atoms. The van der Waals surface area contributed by atoms with E-state index in [0.29, 0.717) is 5.69 Å². The molecule has 0 aliphatic rings. The third-order valence-electron chi connectivity index (χ3n) is 3.25. The molecule has 1 rings (SSSR count). The summed E-state index contributed by atoms with van der Waals surface area (Å²) < 4.78 is 12.8. The molecule has 1 aromatic carbocycles. The minimum absolute atomic E-state index is 0.00778. The van der Waals surface area contributed by atoms with E-state index in [0.717, 1.165) is 11.8 Å². The van der Waals surface area contributed by atoms with Gasteiger partial charge in [0.1, 0.15) is 5.82 Å². The van der Waals surface area contributed by atoms with Gasteiger partial charge in [-0.3, -0.25) is 14.4 Å². The molecule has 0 radical (unpaired) electrons. The molecule has 0 spiro atoms. The van der Waals surface area contributed by atoms with Gasteiger partial charge < -0.3 is 15.7 Å². The summed E-state index contributed by atoms with van der Waals surface area (Å²) in [5.41, 5.74) is -0.581. The first-order valence-electron chi connectivity index (χ1n) is 7.30. The Balaban J connectivity index is 2.37. The maximum absolute atomic E-state index is 12.8. The molecule has 1 atom stereocenters. The third kappa shape index (κ3) is 6.57. The van der Waals surface area contributed by atoms with E-state index in [-0.39, 0.29) is 24.1 Å². The van der Waals surface area contributed by atoms with Crippen LogP contribution in [-0.2, 0) is 14.4 Å². The van der Waals surface area contributed by atoms with Crippen molar-refractivity contribution in [2.24, 2.45) is 5.41 Å². The average molecular weight is 356 g/mol. The van der Waals surface area contributed by atoms with Crippen molar-refractivity contribution in [1.82, 2.24) is 5.32 Å². The van der Waals surface area contributed by atoms with Gasteiger partial charge in [0, 0.05) is 12.2 Å². The van der Waals surface area contributed by atoms with Crippen LogP contribution in [0, 0.1) is 11.2 Å². The van der Waals surface area contributed by atoms with Crippen molar-refractivity contribution in [3.63, 3.8) is 0 Å².